The molecular weight excluding hydrogens is 525 g/mol. The summed E-state index contributed by atoms with van der Waals surface area (Å²) in [5, 5.41) is 13.3. The van der Waals surface area contributed by atoms with E-state index in [1.54, 1.807) is 42.5 Å². The number of carbonyl (C=O) groups is 2. The number of fused-ring (bicyclic) bond motifs is 2. The van der Waals surface area contributed by atoms with Gasteiger partial charge in [-0.1, -0.05) is 41.4 Å². The quantitative estimate of drug-likeness (QED) is 0.238. The smallest absolute Gasteiger partial charge is 0.303 e. The molecule has 7 nitrogen and oxygen atoms in total. The number of amides is 1. The Morgan fingerprint density at radius 1 is 0.947 bits per heavy atom. The molecule has 1 amide bonds. The monoisotopic (exact) mass is 549 g/mol. The van der Waals surface area contributed by atoms with E-state index in [1.165, 1.54) is 0 Å². The van der Waals surface area contributed by atoms with E-state index >= 15 is 0 Å². The predicted molar refractivity (Wildman–Crippen MR) is 147 cm³/mol. The molecule has 9 heteroatoms. The molecule has 0 spiro atoms. The van der Waals surface area contributed by atoms with Crippen molar-refractivity contribution in [1.29, 1.82) is 0 Å². The van der Waals surface area contributed by atoms with Crippen molar-refractivity contribution in [3.05, 3.63) is 87.5 Å². The molecule has 0 radical (unpaired) electrons. The maximum atomic E-state index is 13.2. The van der Waals surface area contributed by atoms with Gasteiger partial charge in [-0.05, 0) is 61.7 Å². The Kier molecular flexibility index (Phi) is 7.77. The minimum Gasteiger partial charge on any atom is -0.493 e. The van der Waals surface area contributed by atoms with Gasteiger partial charge in [0.25, 0.3) is 5.91 Å². The SMILES string of the molecule is O=C(O)CCCCc1nc2cc(C(=O)N[C@H]3CCOc4cc(Cl)ccc43)ccc2nc1-c1ccc(Cl)cc1. The molecule has 2 N–H and O–H groups in total. The second kappa shape index (κ2) is 11.4. The minimum absolute atomic E-state index is 0.100. The largest absolute Gasteiger partial charge is 0.493 e. The standard InChI is InChI=1S/C29H25Cl2N3O4/c30-19-8-5-17(6-9-19)28-24(3-1-2-4-27(35)36)32-25-15-18(7-12-23(25)33-28)29(37)34-22-13-14-38-26-16-20(31)10-11-21(22)26/h5-12,15-16,22H,1-4,13-14H2,(H,34,37)(H,35,36)/t22-/m0/s1. The first-order valence-electron chi connectivity index (χ1n) is 12.4. The van der Waals surface area contributed by atoms with Gasteiger partial charge in [0, 0.05) is 39.6 Å². The summed E-state index contributed by atoms with van der Waals surface area (Å²) in [5.74, 6) is -0.356. The van der Waals surface area contributed by atoms with Crippen LogP contribution >= 0.6 is 23.2 Å². The minimum atomic E-state index is -0.821. The van der Waals surface area contributed by atoms with E-state index in [0.29, 0.717) is 64.7 Å². The third kappa shape index (κ3) is 5.90. The van der Waals surface area contributed by atoms with Crippen molar-refractivity contribution in [1.82, 2.24) is 15.3 Å². The van der Waals surface area contributed by atoms with Crippen LogP contribution in [0, 0.1) is 0 Å². The molecule has 1 atom stereocenters. The Morgan fingerprint density at radius 3 is 2.53 bits per heavy atom. The summed E-state index contributed by atoms with van der Waals surface area (Å²) in [6.07, 6.45) is 2.50. The molecule has 38 heavy (non-hydrogen) atoms. The van der Waals surface area contributed by atoms with Crippen LogP contribution in [0.3, 0.4) is 0 Å². The van der Waals surface area contributed by atoms with Crippen molar-refractivity contribution in [2.24, 2.45) is 0 Å². The fraction of sp³-hybridized carbons (Fsp3) is 0.241. The van der Waals surface area contributed by atoms with Gasteiger partial charge >= 0.3 is 5.97 Å². The zero-order chi connectivity index (χ0) is 26.6. The van der Waals surface area contributed by atoms with E-state index in [9.17, 15) is 9.59 Å². The molecule has 0 unspecified atom stereocenters. The molecule has 1 aliphatic heterocycles. The number of nitrogens with zero attached hydrogens (tertiary/aromatic N) is 2. The summed E-state index contributed by atoms with van der Waals surface area (Å²) in [7, 11) is 0. The number of aryl methyl sites for hydroxylation is 1. The van der Waals surface area contributed by atoms with Gasteiger partial charge in [-0.2, -0.15) is 0 Å². The Morgan fingerprint density at radius 2 is 1.74 bits per heavy atom. The first kappa shape index (κ1) is 25.9. The molecule has 0 bridgehead atoms. The van der Waals surface area contributed by atoms with E-state index in [4.69, 9.17) is 43.0 Å². The Bertz CT molecular complexity index is 1510. The van der Waals surface area contributed by atoms with Gasteiger partial charge in [-0.3, -0.25) is 9.59 Å². The molecule has 3 aromatic carbocycles. The van der Waals surface area contributed by atoms with Crippen LogP contribution < -0.4 is 10.1 Å². The van der Waals surface area contributed by atoms with Gasteiger partial charge in [0.1, 0.15) is 5.75 Å². The third-order valence-corrected chi connectivity index (χ3v) is 6.98. The van der Waals surface area contributed by atoms with Crippen molar-refractivity contribution in [3.8, 4) is 17.0 Å². The highest BCUT2D eigenvalue weighted by molar-refractivity contribution is 6.31. The third-order valence-electron chi connectivity index (χ3n) is 6.49. The van der Waals surface area contributed by atoms with Crippen molar-refractivity contribution >= 4 is 46.1 Å². The van der Waals surface area contributed by atoms with E-state index in [-0.39, 0.29) is 18.4 Å². The highest BCUT2D eigenvalue weighted by atomic mass is 35.5. The summed E-state index contributed by atoms with van der Waals surface area (Å²) in [6.45, 7) is 0.486. The fourth-order valence-corrected chi connectivity index (χ4v) is 4.86. The van der Waals surface area contributed by atoms with Crippen LogP contribution in [0.1, 0.15) is 53.3 Å². The average molecular weight is 550 g/mol. The maximum Gasteiger partial charge on any atom is 0.303 e. The number of unbranched alkanes of at least 4 members (excludes halogenated alkanes) is 1. The van der Waals surface area contributed by atoms with Crippen LogP contribution in [-0.4, -0.2) is 33.6 Å². The molecule has 1 aliphatic rings. The van der Waals surface area contributed by atoms with E-state index in [2.05, 4.69) is 5.32 Å². The van der Waals surface area contributed by atoms with Crippen molar-refractivity contribution in [2.75, 3.05) is 6.61 Å². The van der Waals surface area contributed by atoms with Crippen molar-refractivity contribution in [3.63, 3.8) is 0 Å². The highest BCUT2D eigenvalue weighted by Crippen LogP contribution is 2.34. The summed E-state index contributed by atoms with van der Waals surface area (Å²) in [6, 6.07) is 17.9. The number of hydrogen-bond acceptors (Lipinski definition) is 5. The number of aromatic nitrogens is 2. The lowest BCUT2D eigenvalue weighted by molar-refractivity contribution is -0.137. The lowest BCUT2D eigenvalue weighted by atomic mass is 10.00. The van der Waals surface area contributed by atoms with Crippen LogP contribution in [0.5, 0.6) is 5.75 Å². The number of rotatable bonds is 8. The number of carboxylic acids is 1. The van der Waals surface area contributed by atoms with Crippen molar-refractivity contribution in [2.45, 2.75) is 38.1 Å². The average Bonchev–Trinajstić information content (AvgIpc) is 2.90. The Labute approximate surface area is 229 Å². The first-order valence-corrected chi connectivity index (χ1v) is 13.1. The number of aliphatic carboxylic acids is 1. The number of ether oxygens (including phenoxy) is 1. The molecule has 0 saturated carbocycles. The zero-order valence-corrected chi connectivity index (χ0v) is 21.9. The van der Waals surface area contributed by atoms with Crippen LogP contribution in [0.15, 0.2) is 60.7 Å². The molecule has 0 fully saturated rings. The van der Waals surface area contributed by atoms with Crippen LogP contribution in [0.2, 0.25) is 10.0 Å². The summed E-state index contributed by atoms with van der Waals surface area (Å²) in [4.78, 5) is 33.9. The summed E-state index contributed by atoms with van der Waals surface area (Å²) < 4.78 is 5.71. The molecule has 4 aromatic rings. The summed E-state index contributed by atoms with van der Waals surface area (Å²) >= 11 is 12.2. The summed E-state index contributed by atoms with van der Waals surface area (Å²) in [5.41, 5.74) is 4.97. The van der Waals surface area contributed by atoms with Crippen molar-refractivity contribution < 1.29 is 19.4 Å². The number of carbonyl (C=O) groups excluding carboxylic acids is 1. The number of carboxylic acid groups (broad SMARTS) is 1. The molecule has 0 aliphatic carbocycles. The molecule has 0 saturated heterocycles. The van der Waals surface area contributed by atoms with Crippen LogP contribution in [-0.2, 0) is 11.2 Å². The number of halogens is 2. The number of nitrogens with one attached hydrogen (secondary N) is 1. The molecule has 1 aromatic heterocycles. The molecule has 2 heterocycles. The molecule has 194 valence electrons. The predicted octanol–water partition coefficient (Wildman–Crippen LogP) is 6.65. The van der Waals surface area contributed by atoms with Gasteiger partial charge in [0.15, 0.2) is 0 Å². The van der Waals surface area contributed by atoms with E-state index in [0.717, 1.165) is 22.5 Å². The fourth-order valence-electron chi connectivity index (χ4n) is 4.57. The zero-order valence-electron chi connectivity index (χ0n) is 20.4. The number of benzene rings is 3. The number of hydrogen-bond donors (Lipinski definition) is 2. The van der Waals surface area contributed by atoms with Gasteiger partial charge < -0.3 is 15.2 Å². The Hall–Kier alpha value is -3.68. The molecule has 5 rings (SSSR count). The van der Waals surface area contributed by atoms with Gasteiger partial charge in [0.05, 0.1) is 35.1 Å². The van der Waals surface area contributed by atoms with Gasteiger partial charge in [-0.15, -0.1) is 0 Å². The lowest BCUT2D eigenvalue weighted by Gasteiger charge is -2.27. The first-order chi connectivity index (χ1) is 18.4. The Balaban J connectivity index is 1.43. The van der Waals surface area contributed by atoms with Gasteiger partial charge in [-0.25, -0.2) is 9.97 Å². The lowest BCUT2D eigenvalue weighted by Crippen LogP contribution is -2.32. The van der Waals surface area contributed by atoms with E-state index in [1.807, 2.05) is 18.2 Å². The van der Waals surface area contributed by atoms with Crippen LogP contribution in [0.4, 0.5) is 0 Å². The molecular formula is C29H25Cl2N3O4. The van der Waals surface area contributed by atoms with Crippen LogP contribution in [0.25, 0.3) is 22.3 Å². The maximum absolute atomic E-state index is 13.2. The normalized spacial score (nSPS) is 14.5. The second-order valence-corrected chi connectivity index (χ2v) is 10.0. The van der Waals surface area contributed by atoms with E-state index < -0.39 is 5.97 Å². The topological polar surface area (TPSA) is 101 Å². The second-order valence-electron chi connectivity index (χ2n) is 9.18. The van der Waals surface area contributed by atoms with Gasteiger partial charge in [0.2, 0.25) is 0 Å². The highest BCUT2D eigenvalue weighted by Gasteiger charge is 2.24.